The van der Waals surface area contributed by atoms with Crippen molar-refractivity contribution in [1.82, 2.24) is 0 Å². The fourth-order valence-electron chi connectivity index (χ4n) is 4.41. The van der Waals surface area contributed by atoms with Crippen LogP contribution in [0.3, 0.4) is 0 Å². The van der Waals surface area contributed by atoms with Gasteiger partial charge in [0.2, 0.25) is 0 Å². The van der Waals surface area contributed by atoms with Crippen LogP contribution < -0.4 is 17.9 Å². The van der Waals surface area contributed by atoms with Gasteiger partial charge in [-0.3, -0.25) is 0 Å². The van der Waals surface area contributed by atoms with Crippen molar-refractivity contribution in [3.05, 3.63) is 48.5 Å². The van der Waals surface area contributed by atoms with Gasteiger partial charge in [0, 0.05) is 0 Å². The second-order valence-corrected chi connectivity index (χ2v) is 14.9. The average Bonchev–Trinajstić information content (AvgIpc) is 2.99. The average molecular weight is 366 g/mol. The van der Waals surface area contributed by atoms with Crippen molar-refractivity contribution in [2.75, 3.05) is 36.4 Å². The van der Waals surface area contributed by atoms with Crippen molar-refractivity contribution in [1.29, 1.82) is 0 Å². The van der Waals surface area contributed by atoms with Gasteiger partial charge in [0.25, 0.3) is 0 Å². The third-order valence-corrected chi connectivity index (χ3v) is 17.4. The Bertz CT molecular complexity index is 824. The molecule has 3 heterocycles. The molecule has 0 aliphatic carbocycles. The molecule has 1 saturated heterocycles. The molecule has 0 spiro atoms. The Morgan fingerprint density at radius 2 is 1.08 bits per heavy atom. The third-order valence-electron chi connectivity index (χ3n) is 5.33. The molecule has 0 aromatic heterocycles. The predicted molar refractivity (Wildman–Crippen MR) is 98.8 cm³/mol. The Labute approximate surface area is 141 Å². The fraction of sp³-hybridized carbons (Fsp3) is 0.250. The summed E-state index contributed by atoms with van der Waals surface area (Å²) in [5.41, 5.74) is 1.93. The Kier molecular flexibility index (Phi) is 2.34. The first kappa shape index (κ1) is 14.7. The van der Waals surface area contributed by atoms with Crippen LogP contribution in [0.25, 0.3) is 0 Å². The Morgan fingerprint density at radius 3 is 1.46 bits per heavy atom. The van der Waals surface area contributed by atoms with Gasteiger partial charge >= 0.3 is 141 Å². The monoisotopic (exact) mass is 366 g/mol. The second-order valence-electron chi connectivity index (χ2n) is 6.57. The molecule has 8 heteroatoms. The van der Waals surface area contributed by atoms with Crippen molar-refractivity contribution in [2.45, 2.75) is 0 Å². The molecule has 3 aliphatic heterocycles. The Morgan fingerprint density at radius 1 is 0.708 bits per heavy atom. The van der Waals surface area contributed by atoms with Crippen LogP contribution in [0, 0.1) is 0 Å². The molecule has 0 radical (unpaired) electrons. The molecule has 24 heavy (non-hydrogen) atoms. The van der Waals surface area contributed by atoms with Crippen LogP contribution in [0.15, 0.2) is 48.5 Å². The summed E-state index contributed by atoms with van der Waals surface area (Å²) in [6.07, 6.45) is 0. The van der Waals surface area contributed by atoms with E-state index in [-0.39, 0.29) is 0 Å². The SMILES string of the molecule is COP12(C)Oc3ccccc3N1P1(C)(OC)Oc3ccccc3N21. The molecule has 3 aliphatic rings. The molecule has 128 valence electrons. The molecular weight excluding hydrogens is 346 g/mol. The molecular formula is C16H20N2O4P2. The topological polar surface area (TPSA) is 43.4 Å². The summed E-state index contributed by atoms with van der Waals surface area (Å²) in [7, 11) is -3.32. The molecule has 2 aromatic rings. The molecule has 0 atom stereocenters. The van der Waals surface area contributed by atoms with Crippen LogP contribution in [0.2, 0.25) is 0 Å². The number of benzene rings is 2. The van der Waals surface area contributed by atoms with Gasteiger partial charge in [0.1, 0.15) is 0 Å². The van der Waals surface area contributed by atoms with Crippen molar-refractivity contribution in [3.63, 3.8) is 0 Å². The molecule has 0 saturated carbocycles. The van der Waals surface area contributed by atoms with Crippen LogP contribution in [-0.2, 0) is 9.05 Å². The summed E-state index contributed by atoms with van der Waals surface area (Å²) in [6, 6.07) is 15.9. The van der Waals surface area contributed by atoms with Gasteiger partial charge in [-0.15, -0.1) is 0 Å². The van der Waals surface area contributed by atoms with Gasteiger partial charge in [0.05, 0.1) is 0 Å². The normalized spacial score (nSPS) is 28.2. The van der Waals surface area contributed by atoms with Gasteiger partial charge in [-0.05, 0) is 0 Å². The first-order valence-electron chi connectivity index (χ1n) is 7.75. The van der Waals surface area contributed by atoms with Gasteiger partial charge in [-0.1, -0.05) is 0 Å². The minimum atomic E-state index is -3.36. The number of hydrogen-bond donors (Lipinski definition) is 0. The number of anilines is 2. The fourth-order valence-corrected chi connectivity index (χ4v) is 18.7. The van der Waals surface area contributed by atoms with E-state index in [1.54, 1.807) is 14.2 Å². The van der Waals surface area contributed by atoms with Gasteiger partial charge in [-0.2, -0.15) is 0 Å². The summed E-state index contributed by atoms with van der Waals surface area (Å²) in [4.78, 5) is 0. The zero-order valence-electron chi connectivity index (χ0n) is 14.0. The van der Waals surface area contributed by atoms with Crippen LogP contribution in [0.4, 0.5) is 11.4 Å². The number of nitrogens with zero attached hydrogens (tertiary/aromatic N) is 2. The van der Waals surface area contributed by atoms with Crippen molar-refractivity contribution in [3.8, 4) is 11.5 Å². The quantitative estimate of drug-likeness (QED) is 0.713. The minimum absolute atomic E-state index is 0.804. The predicted octanol–water partition coefficient (Wildman–Crippen LogP) is 4.78. The Balaban J connectivity index is 1.86. The van der Waals surface area contributed by atoms with Crippen LogP contribution in [0.5, 0.6) is 11.5 Å². The van der Waals surface area contributed by atoms with E-state index < -0.39 is 14.7 Å². The standard InChI is InChI=1S/C16H20N2O4P2/c1-19-23(3)17(13-9-5-7-11-15(13)21-23)24(4,20-2)18(23)14-10-6-8-12-16(14)22-24/h5-12H,1-4H3. The van der Waals surface area contributed by atoms with E-state index in [9.17, 15) is 0 Å². The van der Waals surface area contributed by atoms with Gasteiger partial charge < -0.3 is 0 Å². The van der Waals surface area contributed by atoms with Crippen LogP contribution in [-0.4, -0.2) is 27.5 Å². The van der Waals surface area contributed by atoms with E-state index in [4.69, 9.17) is 18.1 Å². The summed E-state index contributed by atoms with van der Waals surface area (Å²) in [5, 5.41) is 0. The zero-order chi connectivity index (χ0) is 16.8. The summed E-state index contributed by atoms with van der Waals surface area (Å²) >= 11 is 0. The van der Waals surface area contributed by atoms with E-state index in [0.717, 1.165) is 22.9 Å². The number of fused-ring (bicyclic) bond motifs is 8. The number of para-hydroxylation sites is 4. The van der Waals surface area contributed by atoms with E-state index in [0.29, 0.717) is 0 Å². The first-order valence-corrected chi connectivity index (χ1v) is 12.6. The maximum absolute atomic E-state index is 6.53. The van der Waals surface area contributed by atoms with E-state index in [2.05, 4.69) is 8.88 Å². The molecule has 5 rings (SSSR count). The van der Waals surface area contributed by atoms with E-state index in [1.807, 2.05) is 61.9 Å². The van der Waals surface area contributed by atoms with Crippen molar-refractivity contribution >= 4 is 26.1 Å². The van der Waals surface area contributed by atoms with Crippen molar-refractivity contribution < 1.29 is 18.1 Å². The molecule has 1 fully saturated rings. The summed E-state index contributed by atoms with van der Waals surface area (Å²) in [5.74, 6) is 1.61. The van der Waals surface area contributed by atoms with Crippen molar-refractivity contribution in [2.24, 2.45) is 0 Å². The molecule has 0 amide bonds. The third kappa shape index (κ3) is 1.19. The molecule has 6 nitrogen and oxygen atoms in total. The van der Waals surface area contributed by atoms with Gasteiger partial charge in [-0.25, -0.2) is 0 Å². The van der Waals surface area contributed by atoms with E-state index >= 15 is 0 Å². The number of rotatable bonds is 2. The molecule has 2 aromatic carbocycles. The second kappa shape index (κ2) is 3.81. The number of hydrogen-bond acceptors (Lipinski definition) is 6. The Hall–Kier alpha value is -1.58. The van der Waals surface area contributed by atoms with E-state index in [1.165, 1.54) is 0 Å². The summed E-state index contributed by atoms with van der Waals surface area (Å²) < 4.78 is 29.7. The van der Waals surface area contributed by atoms with Gasteiger partial charge in [0.15, 0.2) is 0 Å². The summed E-state index contributed by atoms with van der Waals surface area (Å²) in [6.45, 7) is 4.09. The zero-order valence-corrected chi connectivity index (χ0v) is 15.8. The molecule has 0 N–H and O–H groups in total. The molecule has 0 bridgehead atoms. The van der Waals surface area contributed by atoms with Crippen LogP contribution >= 0.6 is 14.7 Å². The molecule has 0 unspecified atom stereocenters. The first-order chi connectivity index (χ1) is 11.4. The van der Waals surface area contributed by atoms with Crippen LogP contribution in [0.1, 0.15) is 0 Å². The maximum atomic E-state index is 6.53.